The number of hydrogen-bond donors (Lipinski definition) is 1. The Bertz CT molecular complexity index is 788. The molecule has 0 aliphatic heterocycles. The molecule has 0 radical (unpaired) electrons. The van der Waals surface area contributed by atoms with Crippen molar-refractivity contribution in [2.24, 2.45) is 0 Å². The van der Waals surface area contributed by atoms with Crippen LogP contribution in [0.5, 0.6) is 0 Å². The average Bonchev–Trinajstić information content (AvgIpc) is 3.05. The predicted molar refractivity (Wildman–Crippen MR) is 78.1 cm³/mol. The second-order valence-corrected chi connectivity index (χ2v) is 4.86. The number of hydrogen-bond acceptors (Lipinski definition) is 3. The van der Waals surface area contributed by atoms with Gasteiger partial charge in [0, 0.05) is 23.6 Å². The van der Waals surface area contributed by atoms with E-state index in [4.69, 9.17) is 5.11 Å². The summed E-state index contributed by atoms with van der Waals surface area (Å²) in [5.74, 6) is 0.0368. The Morgan fingerprint density at radius 1 is 1.33 bits per heavy atom. The zero-order chi connectivity index (χ0) is 14.8. The molecular formula is C15H16N4O2. The number of carbonyl (C=O) groups is 1. The van der Waals surface area contributed by atoms with Crippen molar-refractivity contribution in [1.29, 1.82) is 0 Å². The van der Waals surface area contributed by atoms with Crippen LogP contribution in [0.3, 0.4) is 0 Å². The molecule has 0 amide bonds. The minimum atomic E-state index is -0.824. The Morgan fingerprint density at radius 3 is 2.90 bits per heavy atom. The minimum Gasteiger partial charge on any atom is -0.481 e. The number of aryl methyl sites for hydroxylation is 1. The van der Waals surface area contributed by atoms with E-state index in [9.17, 15) is 4.79 Å². The van der Waals surface area contributed by atoms with Crippen LogP contribution in [0.25, 0.3) is 10.9 Å². The molecule has 1 aromatic carbocycles. The van der Waals surface area contributed by atoms with Gasteiger partial charge >= 0.3 is 5.97 Å². The molecule has 6 heteroatoms. The Balaban J connectivity index is 2.04. The molecule has 2 aromatic heterocycles. The summed E-state index contributed by atoms with van der Waals surface area (Å²) in [6.45, 7) is 3.35. The molecule has 0 spiro atoms. The summed E-state index contributed by atoms with van der Waals surface area (Å²) >= 11 is 0. The summed E-state index contributed by atoms with van der Waals surface area (Å²) in [5.41, 5.74) is 1.83. The van der Waals surface area contributed by atoms with Crippen molar-refractivity contribution in [2.75, 3.05) is 0 Å². The molecule has 0 bridgehead atoms. The van der Waals surface area contributed by atoms with E-state index in [-0.39, 0.29) is 6.42 Å². The molecule has 3 rings (SSSR count). The third-order valence-electron chi connectivity index (χ3n) is 3.52. The number of rotatable bonds is 5. The van der Waals surface area contributed by atoms with Crippen molar-refractivity contribution in [2.45, 2.75) is 26.4 Å². The molecule has 0 atom stereocenters. The van der Waals surface area contributed by atoms with Gasteiger partial charge in [0.1, 0.15) is 12.2 Å². The highest BCUT2D eigenvalue weighted by Gasteiger charge is 2.12. The monoisotopic (exact) mass is 284 g/mol. The Morgan fingerprint density at radius 2 is 2.14 bits per heavy atom. The highest BCUT2D eigenvalue weighted by molar-refractivity contribution is 5.87. The smallest absolute Gasteiger partial charge is 0.307 e. The van der Waals surface area contributed by atoms with Crippen LogP contribution in [-0.4, -0.2) is 30.4 Å². The molecule has 0 unspecified atom stereocenters. The maximum Gasteiger partial charge on any atom is 0.307 e. The molecule has 0 saturated heterocycles. The van der Waals surface area contributed by atoms with E-state index < -0.39 is 5.97 Å². The SMILES string of the molecule is CCn1ncnc1Cn1cc(CC(=O)O)c2ccccc21. The van der Waals surface area contributed by atoms with Gasteiger partial charge in [0.25, 0.3) is 0 Å². The average molecular weight is 284 g/mol. The van der Waals surface area contributed by atoms with Crippen LogP contribution >= 0.6 is 0 Å². The number of aromatic nitrogens is 4. The first-order valence-electron chi connectivity index (χ1n) is 6.84. The normalized spacial score (nSPS) is 11.1. The summed E-state index contributed by atoms with van der Waals surface area (Å²) < 4.78 is 3.87. The number of para-hydroxylation sites is 1. The largest absolute Gasteiger partial charge is 0.481 e. The van der Waals surface area contributed by atoms with Crippen molar-refractivity contribution in [3.05, 3.63) is 48.2 Å². The number of carboxylic acid groups (broad SMARTS) is 1. The third-order valence-corrected chi connectivity index (χ3v) is 3.52. The van der Waals surface area contributed by atoms with Crippen LogP contribution in [0.1, 0.15) is 18.3 Å². The Hall–Kier alpha value is -2.63. The fourth-order valence-corrected chi connectivity index (χ4v) is 2.58. The Kier molecular flexibility index (Phi) is 3.43. The van der Waals surface area contributed by atoms with E-state index in [0.29, 0.717) is 6.54 Å². The molecular weight excluding hydrogens is 268 g/mol. The lowest BCUT2D eigenvalue weighted by Gasteiger charge is -2.05. The van der Waals surface area contributed by atoms with E-state index in [0.717, 1.165) is 28.8 Å². The van der Waals surface area contributed by atoms with Gasteiger partial charge in [-0.1, -0.05) is 18.2 Å². The van der Waals surface area contributed by atoms with Crippen LogP contribution in [0.4, 0.5) is 0 Å². The van der Waals surface area contributed by atoms with Gasteiger partial charge in [0.2, 0.25) is 0 Å². The molecule has 108 valence electrons. The van der Waals surface area contributed by atoms with Crippen LogP contribution in [-0.2, 0) is 24.3 Å². The fraction of sp³-hybridized carbons (Fsp3) is 0.267. The van der Waals surface area contributed by atoms with E-state index >= 15 is 0 Å². The fourth-order valence-electron chi connectivity index (χ4n) is 2.58. The summed E-state index contributed by atoms with van der Waals surface area (Å²) in [5, 5.41) is 14.2. The maximum absolute atomic E-state index is 11.0. The van der Waals surface area contributed by atoms with Crippen LogP contribution in [0.2, 0.25) is 0 Å². The maximum atomic E-state index is 11.0. The number of fused-ring (bicyclic) bond motifs is 1. The van der Waals surface area contributed by atoms with Crippen molar-refractivity contribution in [1.82, 2.24) is 19.3 Å². The lowest BCUT2D eigenvalue weighted by molar-refractivity contribution is -0.136. The molecule has 0 aliphatic carbocycles. The Labute approximate surface area is 121 Å². The molecule has 6 nitrogen and oxygen atoms in total. The molecule has 21 heavy (non-hydrogen) atoms. The van der Waals surface area contributed by atoms with Gasteiger partial charge in [-0.25, -0.2) is 9.67 Å². The van der Waals surface area contributed by atoms with Crippen molar-refractivity contribution >= 4 is 16.9 Å². The zero-order valence-electron chi connectivity index (χ0n) is 11.7. The van der Waals surface area contributed by atoms with E-state index in [2.05, 4.69) is 10.1 Å². The highest BCUT2D eigenvalue weighted by Crippen LogP contribution is 2.22. The molecule has 3 aromatic rings. The van der Waals surface area contributed by atoms with Gasteiger partial charge in [-0.05, 0) is 18.6 Å². The van der Waals surface area contributed by atoms with Crippen molar-refractivity contribution < 1.29 is 9.90 Å². The van der Waals surface area contributed by atoms with Gasteiger partial charge in [0.15, 0.2) is 0 Å². The third kappa shape index (κ3) is 2.52. The lowest BCUT2D eigenvalue weighted by Crippen LogP contribution is -2.08. The molecule has 1 N–H and O–H groups in total. The summed E-state index contributed by atoms with van der Waals surface area (Å²) in [6.07, 6.45) is 3.46. The van der Waals surface area contributed by atoms with E-state index in [1.165, 1.54) is 0 Å². The van der Waals surface area contributed by atoms with Crippen molar-refractivity contribution in [3.8, 4) is 0 Å². The van der Waals surface area contributed by atoms with Crippen molar-refractivity contribution in [3.63, 3.8) is 0 Å². The van der Waals surface area contributed by atoms with Gasteiger partial charge < -0.3 is 9.67 Å². The van der Waals surface area contributed by atoms with Crippen LogP contribution in [0, 0.1) is 0 Å². The minimum absolute atomic E-state index is 0.0218. The predicted octanol–water partition coefficient (Wildman–Crippen LogP) is 1.93. The van der Waals surface area contributed by atoms with Gasteiger partial charge in [0.05, 0.1) is 13.0 Å². The van der Waals surface area contributed by atoms with Crippen LogP contribution < -0.4 is 0 Å². The van der Waals surface area contributed by atoms with E-state index in [1.54, 1.807) is 6.33 Å². The molecule has 0 fully saturated rings. The molecule has 0 saturated carbocycles. The van der Waals surface area contributed by atoms with Crippen LogP contribution in [0.15, 0.2) is 36.8 Å². The number of nitrogens with zero attached hydrogens (tertiary/aromatic N) is 4. The molecule has 2 heterocycles. The quantitative estimate of drug-likeness (QED) is 0.777. The standard InChI is InChI=1S/C15H16N4O2/c1-2-19-14(16-10-17-19)9-18-8-11(7-15(20)21)12-5-3-4-6-13(12)18/h3-6,8,10H,2,7,9H2,1H3,(H,20,21). The van der Waals surface area contributed by atoms with Gasteiger partial charge in [-0.15, -0.1) is 0 Å². The first-order valence-corrected chi connectivity index (χ1v) is 6.84. The number of benzene rings is 1. The number of carboxylic acids is 1. The second kappa shape index (κ2) is 5.40. The summed E-state index contributed by atoms with van der Waals surface area (Å²) in [7, 11) is 0. The summed E-state index contributed by atoms with van der Waals surface area (Å²) in [6, 6.07) is 7.82. The molecule has 0 aliphatic rings. The zero-order valence-corrected chi connectivity index (χ0v) is 11.7. The van der Waals surface area contributed by atoms with Gasteiger partial charge in [-0.3, -0.25) is 4.79 Å². The summed E-state index contributed by atoms with van der Waals surface area (Å²) in [4.78, 5) is 15.3. The van der Waals surface area contributed by atoms with Gasteiger partial charge in [-0.2, -0.15) is 5.10 Å². The number of aliphatic carboxylic acids is 1. The van der Waals surface area contributed by atoms with E-state index in [1.807, 2.05) is 46.6 Å². The second-order valence-electron chi connectivity index (χ2n) is 4.86. The lowest BCUT2D eigenvalue weighted by atomic mass is 10.1. The first kappa shape index (κ1) is 13.4. The first-order chi connectivity index (χ1) is 10.2. The highest BCUT2D eigenvalue weighted by atomic mass is 16.4. The topological polar surface area (TPSA) is 72.9 Å².